The molecule has 1 aromatic heterocycles. The highest BCUT2D eigenvalue weighted by Crippen LogP contribution is 2.31. The van der Waals surface area contributed by atoms with Crippen molar-refractivity contribution < 1.29 is 22.7 Å². The second-order valence-electron chi connectivity index (χ2n) is 7.17. The number of aromatic nitrogens is 2. The standard InChI is InChI=1S/C16H20N4O5S/c1-16(2,3)25-15(22)20-13-6-4-5-12(11(13)8-18-20)19-9-10(7-14(19)21)26(17,23)24/h4-6,8,10H,7,9H2,1-3H3,(H2,17,23,24). The van der Waals surface area contributed by atoms with Gasteiger partial charge in [-0.1, -0.05) is 6.07 Å². The molecule has 1 aliphatic rings. The van der Waals surface area contributed by atoms with E-state index < -0.39 is 27.0 Å². The zero-order valence-electron chi connectivity index (χ0n) is 14.7. The molecule has 1 fully saturated rings. The van der Waals surface area contributed by atoms with E-state index in [1.165, 1.54) is 11.1 Å². The van der Waals surface area contributed by atoms with Crippen LogP contribution >= 0.6 is 0 Å². The van der Waals surface area contributed by atoms with Crippen molar-refractivity contribution in [3.05, 3.63) is 24.4 Å². The fourth-order valence-corrected chi connectivity index (χ4v) is 3.58. The summed E-state index contributed by atoms with van der Waals surface area (Å²) in [4.78, 5) is 26.0. The molecule has 1 amide bonds. The summed E-state index contributed by atoms with van der Waals surface area (Å²) in [5.41, 5.74) is 0.262. The van der Waals surface area contributed by atoms with E-state index in [4.69, 9.17) is 9.88 Å². The first kappa shape index (κ1) is 18.3. The number of nitrogens with zero attached hydrogens (tertiary/aromatic N) is 3. The molecule has 9 nitrogen and oxygen atoms in total. The lowest BCUT2D eigenvalue weighted by molar-refractivity contribution is -0.117. The van der Waals surface area contributed by atoms with E-state index in [1.54, 1.807) is 39.0 Å². The highest BCUT2D eigenvalue weighted by molar-refractivity contribution is 7.89. The van der Waals surface area contributed by atoms with Crippen LogP contribution in [0.5, 0.6) is 0 Å². The molecule has 0 radical (unpaired) electrons. The Morgan fingerprint density at radius 1 is 1.35 bits per heavy atom. The van der Waals surface area contributed by atoms with Crippen LogP contribution in [0.25, 0.3) is 10.9 Å². The van der Waals surface area contributed by atoms with Crippen LogP contribution in [0.3, 0.4) is 0 Å². The molecular formula is C16H20N4O5S. The highest BCUT2D eigenvalue weighted by atomic mass is 32.2. The number of fused-ring (bicyclic) bond motifs is 1. The number of hydrogen-bond acceptors (Lipinski definition) is 6. The molecule has 0 saturated carbocycles. The third kappa shape index (κ3) is 3.42. The summed E-state index contributed by atoms with van der Waals surface area (Å²) in [5.74, 6) is -0.346. The van der Waals surface area contributed by atoms with Gasteiger partial charge in [0.25, 0.3) is 0 Å². The first-order chi connectivity index (χ1) is 12.0. The fraction of sp³-hybridized carbons (Fsp3) is 0.438. The summed E-state index contributed by atoms with van der Waals surface area (Å²) in [7, 11) is -3.82. The largest absolute Gasteiger partial charge is 0.442 e. The minimum atomic E-state index is -3.82. The topological polar surface area (TPSA) is 125 Å². The predicted octanol–water partition coefficient (Wildman–Crippen LogP) is 1.21. The van der Waals surface area contributed by atoms with Gasteiger partial charge in [0.15, 0.2) is 0 Å². The van der Waals surface area contributed by atoms with Gasteiger partial charge in [-0.15, -0.1) is 0 Å². The molecule has 0 aliphatic carbocycles. The smallest absolute Gasteiger partial charge is 0.435 e. The average Bonchev–Trinajstić information content (AvgIpc) is 3.08. The van der Waals surface area contributed by atoms with Gasteiger partial charge < -0.3 is 9.64 Å². The summed E-state index contributed by atoms with van der Waals surface area (Å²) in [6.07, 6.45) is 0.640. The maximum Gasteiger partial charge on any atom is 0.435 e. The zero-order chi connectivity index (χ0) is 19.3. The number of carbonyl (C=O) groups is 2. The van der Waals surface area contributed by atoms with E-state index >= 15 is 0 Å². The quantitative estimate of drug-likeness (QED) is 0.835. The lowest BCUT2D eigenvalue weighted by atomic mass is 10.2. The molecule has 26 heavy (non-hydrogen) atoms. The van der Waals surface area contributed by atoms with Gasteiger partial charge in [0, 0.05) is 18.4 Å². The molecule has 2 N–H and O–H groups in total. The molecule has 0 bridgehead atoms. The highest BCUT2D eigenvalue weighted by Gasteiger charge is 2.38. The van der Waals surface area contributed by atoms with Gasteiger partial charge in [-0.05, 0) is 32.9 Å². The summed E-state index contributed by atoms with van der Waals surface area (Å²) < 4.78 is 29.6. The molecule has 1 atom stereocenters. The Morgan fingerprint density at radius 2 is 2.04 bits per heavy atom. The van der Waals surface area contributed by atoms with Crippen LogP contribution in [0.15, 0.2) is 24.4 Å². The number of anilines is 1. The Bertz CT molecular complexity index is 990. The van der Waals surface area contributed by atoms with Crippen LogP contribution in [0, 0.1) is 0 Å². The molecule has 2 heterocycles. The number of benzene rings is 1. The van der Waals surface area contributed by atoms with Crippen LogP contribution in [-0.4, -0.2) is 47.6 Å². The Hall–Kier alpha value is -2.46. The van der Waals surface area contributed by atoms with Gasteiger partial charge in [-0.2, -0.15) is 9.78 Å². The first-order valence-corrected chi connectivity index (χ1v) is 9.60. The zero-order valence-corrected chi connectivity index (χ0v) is 15.5. The van der Waals surface area contributed by atoms with Gasteiger partial charge >= 0.3 is 6.09 Å². The Balaban J connectivity index is 2.00. The molecule has 3 rings (SSSR count). The Kier molecular flexibility index (Phi) is 4.27. The molecule has 1 saturated heterocycles. The maximum atomic E-state index is 12.3. The number of carbonyl (C=O) groups excluding carboxylic acids is 2. The molecule has 10 heteroatoms. The molecule has 1 aromatic carbocycles. The Morgan fingerprint density at radius 3 is 2.62 bits per heavy atom. The van der Waals surface area contributed by atoms with E-state index in [0.717, 1.165) is 4.68 Å². The molecule has 1 unspecified atom stereocenters. The van der Waals surface area contributed by atoms with Crippen molar-refractivity contribution in [3.63, 3.8) is 0 Å². The van der Waals surface area contributed by atoms with Crippen molar-refractivity contribution >= 4 is 38.6 Å². The van der Waals surface area contributed by atoms with E-state index in [-0.39, 0.29) is 18.9 Å². The second kappa shape index (κ2) is 6.06. The minimum Gasteiger partial charge on any atom is -0.442 e. The molecule has 2 aromatic rings. The van der Waals surface area contributed by atoms with Crippen molar-refractivity contribution in [3.8, 4) is 0 Å². The van der Waals surface area contributed by atoms with E-state index in [0.29, 0.717) is 16.6 Å². The van der Waals surface area contributed by atoms with Crippen LogP contribution in [0.1, 0.15) is 27.2 Å². The van der Waals surface area contributed by atoms with E-state index in [2.05, 4.69) is 5.10 Å². The van der Waals surface area contributed by atoms with Crippen molar-refractivity contribution in [2.75, 3.05) is 11.4 Å². The third-order valence-corrected chi connectivity index (χ3v) is 5.25. The number of rotatable bonds is 2. The monoisotopic (exact) mass is 380 g/mol. The molecule has 0 spiro atoms. The molecule has 140 valence electrons. The van der Waals surface area contributed by atoms with Crippen molar-refractivity contribution in [2.45, 2.75) is 38.0 Å². The second-order valence-corrected chi connectivity index (χ2v) is 9.01. The maximum absolute atomic E-state index is 12.3. The van der Waals surface area contributed by atoms with Gasteiger partial charge in [0.1, 0.15) is 10.9 Å². The van der Waals surface area contributed by atoms with Crippen LogP contribution < -0.4 is 10.0 Å². The van der Waals surface area contributed by atoms with Gasteiger partial charge in [0.2, 0.25) is 15.9 Å². The van der Waals surface area contributed by atoms with Gasteiger partial charge in [-0.3, -0.25) is 4.79 Å². The predicted molar refractivity (Wildman–Crippen MR) is 95.2 cm³/mol. The van der Waals surface area contributed by atoms with Gasteiger partial charge in [0.05, 0.1) is 17.4 Å². The van der Waals surface area contributed by atoms with Crippen LogP contribution in [0.4, 0.5) is 10.5 Å². The summed E-state index contributed by atoms with van der Waals surface area (Å²) in [6.45, 7) is 5.21. The summed E-state index contributed by atoms with van der Waals surface area (Å²) in [6, 6.07) is 5.01. The fourth-order valence-electron chi connectivity index (χ4n) is 2.85. The van der Waals surface area contributed by atoms with Crippen molar-refractivity contribution in [1.29, 1.82) is 0 Å². The SMILES string of the molecule is CC(C)(C)OC(=O)n1ncc2c(N3CC(S(N)(=O)=O)CC3=O)cccc21. The Labute approximate surface area is 150 Å². The number of primary sulfonamides is 1. The molecular weight excluding hydrogens is 360 g/mol. The number of amides is 1. The van der Waals surface area contributed by atoms with Crippen LogP contribution in [-0.2, 0) is 19.6 Å². The van der Waals surface area contributed by atoms with E-state index in [9.17, 15) is 18.0 Å². The number of hydrogen-bond donors (Lipinski definition) is 1. The number of nitrogens with two attached hydrogens (primary N) is 1. The lowest BCUT2D eigenvalue weighted by Gasteiger charge is -2.19. The first-order valence-electron chi connectivity index (χ1n) is 7.99. The van der Waals surface area contributed by atoms with Crippen LogP contribution in [0.2, 0.25) is 0 Å². The van der Waals surface area contributed by atoms with Crippen molar-refractivity contribution in [2.24, 2.45) is 5.14 Å². The minimum absolute atomic E-state index is 0.0333. The lowest BCUT2D eigenvalue weighted by Crippen LogP contribution is -2.32. The summed E-state index contributed by atoms with van der Waals surface area (Å²) >= 11 is 0. The molecule has 1 aliphatic heterocycles. The van der Waals surface area contributed by atoms with Crippen molar-refractivity contribution in [1.82, 2.24) is 9.78 Å². The third-order valence-electron chi connectivity index (χ3n) is 4.00. The number of sulfonamides is 1. The average molecular weight is 380 g/mol. The summed E-state index contributed by atoms with van der Waals surface area (Å²) in [5, 5.41) is 8.83. The van der Waals surface area contributed by atoms with Gasteiger partial charge in [-0.25, -0.2) is 18.4 Å². The number of ether oxygens (including phenoxy) is 1. The normalized spacial score (nSPS) is 18.5. The van der Waals surface area contributed by atoms with E-state index in [1.807, 2.05) is 0 Å².